The Hall–Kier alpha value is -3.41. The first kappa shape index (κ1) is 17.9. The third kappa shape index (κ3) is 6.31. The lowest BCUT2D eigenvalue weighted by atomic mass is 10.1. The summed E-state index contributed by atoms with van der Waals surface area (Å²) in [5.74, 6) is -1.35. The molecule has 0 heterocycles. The number of benzene rings is 2. The molecule has 6 nitrogen and oxygen atoms in total. The van der Waals surface area contributed by atoms with Gasteiger partial charge in [0.15, 0.2) is 0 Å². The standard InChI is InChI=1S/C19H19N3O3/c1-14-7-10-16(11-8-14)19(25)22-21-18(24)13-20-17(23)12-9-15-5-3-2-4-6-15/h2-12H,13H2,1H3,(H,20,23)(H,21,24)(H,22,25)/b12-9+. The molecule has 25 heavy (non-hydrogen) atoms. The van der Waals surface area contributed by atoms with Gasteiger partial charge in [0, 0.05) is 11.6 Å². The summed E-state index contributed by atoms with van der Waals surface area (Å²) in [5.41, 5.74) is 6.89. The Kier molecular flexibility index (Phi) is 6.47. The van der Waals surface area contributed by atoms with Gasteiger partial charge in [-0.1, -0.05) is 48.0 Å². The van der Waals surface area contributed by atoms with Crippen LogP contribution in [0.5, 0.6) is 0 Å². The molecule has 128 valence electrons. The summed E-state index contributed by atoms with van der Waals surface area (Å²) < 4.78 is 0. The van der Waals surface area contributed by atoms with Crippen molar-refractivity contribution >= 4 is 23.8 Å². The first-order valence-corrected chi connectivity index (χ1v) is 7.71. The fourth-order valence-corrected chi connectivity index (χ4v) is 1.91. The van der Waals surface area contributed by atoms with Crippen LogP contribution in [0.1, 0.15) is 21.5 Å². The lowest BCUT2D eigenvalue weighted by Gasteiger charge is -2.08. The van der Waals surface area contributed by atoms with Crippen LogP contribution >= 0.6 is 0 Å². The van der Waals surface area contributed by atoms with Crippen LogP contribution in [0.15, 0.2) is 60.7 Å². The molecule has 0 radical (unpaired) electrons. The minimum atomic E-state index is -0.526. The van der Waals surface area contributed by atoms with Crippen LogP contribution in [0.25, 0.3) is 6.08 Å². The Bertz CT molecular complexity index is 768. The number of hydrogen-bond donors (Lipinski definition) is 3. The molecular formula is C19H19N3O3. The van der Waals surface area contributed by atoms with E-state index in [4.69, 9.17) is 0 Å². The van der Waals surface area contributed by atoms with Gasteiger partial charge in [0.2, 0.25) is 5.91 Å². The van der Waals surface area contributed by atoms with Gasteiger partial charge in [-0.2, -0.15) is 0 Å². The second kappa shape index (κ2) is 9.02. The molecule has 0 aromatic heterocycles. The molecule has 0 spiro atoms. The van der Waals surface area contributed by atoms with Gasteiger partial charge in [0.05, 0.1) is 6.54 Å². The summed E-state index contributed by atoms with van der Waals surface area (Å²) in [4.78, 5) is 35.1. The third-order valence-corrected chi connectivity index (χ3v) is 3.28. The first-order chi connectivity index (χ1) is 12.0. The molecule has 2 aromatic carbocycles. The van der Waals surface area contributed by atoms with Crippen molar-refractivity contribution in [2.75, 3.05) is 6.54 Å². The quantitative estimate of drug-likeness (QED) is 0.572. The fraction of sp³-hybridized carbons (Fsp3) is 0.105. The maximum atomic E-state index is 11.8. The van der Waals surface area contributed by atoms with Crippen molar-refractivity contribution in [1.82, 2.24) is 16.2 Å². The Morgan fingerprint density at radius 1 is 0.920 bits per heavy atom. The van der Waals surface area contributed by atoms with Crippen molar-refractivity contribution in [2.45, 2.75) is 6.92 Å². The van der Waals surface area contributed by atoms with E-state index in [0.717, 1.165) is 11.1 Å². The SMILES string of the molecule is Cc1ccc(C(=O)NNC(=O)CNC(=O)/C=C/c2ccccc2)cc1. The Morgan fingerprint density at radius 3 is 2.28 bits per heavy atom. The average molecular weight is 337 g/mol. The van der Waals surface area contributed by atoms with E-state index >= 15 is 0 Å². The van der Waals surface area contributed by atoms with Gasteiger partial charge in [0.25, 0.3) is 11.8 Å². The highest BCUT2D eigenvalue weighted by atomic mass is 16.2. The molecule has 0 aliphatic rings. The lowest BCUT2D eigenvalue weighted by molar-refractivity contribution is -0.124. The van der Waals surface area contributed by atoms with Gasteiger partial charge in [-0.25, -0.2) is 0 Å². The van der Waals surface area contributed by atoms with Crippen LogP contribution in [-0.4, -0.2) is 24.3 Å². The molecular weight excluding hydrogens is 318 g/mol. The molecule has 0 saturated heterocycles. The largest absolute Gasteiger partial charge is 0.343 e. The summed E-state index contributed by atoms with van der Waals surface area (Å²) in [6.45, 7) is 1.67. The van der Waals surface area contributed by atoms with Crippen molar-refractivity contribution in [3.05, 3.63) is 77.4 Å². The van der Waals surface area contributed by atoms with E-state index in [-0.39, 0.29) is 6.54 Å². The molecule has 0 aliphatic heterocycles. The Morgan fingerprint density at radius 2 is 1.60 bits per heavy atom. The molecule has 3 amide bonds. The van der Waals surface area contributed by atoms with E-state index in [0.29, 0.717) is 5.56 Å². The van der Waals surface area contributed by atoms with E-state index in [9.17, 15) is 14.4 Å². The van der Waals surface area contributed by atoms with Crippen LogP contribution in [0.4, 0.5) is 0 Å². The molecule has 0 aliphatic carbocycles. The second-order valence-corrected chi connectivity index (χ2v) is 5.33. The van der Waals surface area contributed by atoms with E-state index in [1.165, 1.54) is 6.08 Å². The molecule has 3 N–H and O–H groups in total. The van der Waals surface area contributed by atoms with Gasteiger partial charge in [-0.3, -0.25) is 25.2 Å². The van der Waals surface area contributed by atoms with Crippen molar-refractivity contribution in [3.8, 4) is 0 Å². The zero-order chi connectivity index (χ0) is 18.1. The molecule has 2 rings (SSSR count). The number of carbonyl (C=O) groups excluding carboxylic acids is 3. The number of hydrazine groups is 1. The normalized spacial score (nSPS) is 10.3. The first-order valence-electron chi connectivity index (χ1n) is 7.71. The minimum Gasteiger partial charge on any atom is -0.343 e. The predicted octanol–water partition coefficient (Wildman–Crippen LogP) is 1.59. The number of nitrogens with one attached hydrogen (secondary N) is 3. The lowest BCUT2D eigenvalue weighted by Crippen LogP contribution is -2.46. The molecule has 0 atom stereocenters. The van der Waals surface area contributed by atoms with Crippen LogP contribution in [0.2, 0.25) is 0 Å². The number of rotatable bonds is 5. The van der Waals surface area contributed by atoms with E-state index in [1.807, 2.05) is 37.3 Å². The van der Waals surface area contributed by atoms with Crippen molar-refractivity contribution in [1.29, 1.82) is 0 Å². The second-order valence-electron chi connectivity index (χ2n) is 5.33. The van der Waals surface area contributed by atoms with E-state index in [2.05, 4.69) is 16.2 Å². The molecule has 0 bridgehead atoms. The summed E-state index contributed by atoms with van der Waals surface area (Å²) >= 11 is 0. The average Bonchev–Trinajstić information content (AvgIpc) is 2.64. The van der Waals surface area contributed by atoms with Gasteiger partial charge < -0.3 is 5.32 Å². The monoisotopic (exact) mass is 337 g/mol. The zero-order valence-electron chi connectivity index (χ0n) is 13.8. The van der Waals surface area contributed by atoms with Crippen molar-refractivity contribution < 1.29 is 14.4 Å². The maximum absolute atomic E-state index is 11.8. The fourth-order valence-electron chi connectivity index (χ4n) is 1.91. The minimum absolute atomic E-state index is 0.244. The summed E-state index contributed by atoms with van der Waals surface area (Å²) in [5, 5.41) is 2.43. The summed E-state index contributed by atoms with van der Waals surface area (Å²) in [6, 6.07) is 16.2. The van der Waals surface area contributed by atoms with Gasteiger partial charge in [-0.05, 0) is 30.7 Å². The van der Waals surface area contributed by atoms with Crippen LogP contribution in [0.3, 0.4) is 0 Å². The van der Waals surface area contributed by atoms with Crippen molar-refractivity contribution in [3.63, 3.8) is 0 Å². The van der Waals surface area contributed by atoms with Gasteiger partial charge >= 0.3 is 0 Å². The van der Waals surface area contributed by atoms with Crippen LogP contribution in [0, 0.1) is 6.92 Å². The van der Waals surface area contributed by atoms with Gasteiger partial charge in [-0.15, -0.1) is 0 Å². The van der Waals surface area contributed by atoms with Crippen LogP contribution in [-0.2, 0) is 9.59 Å². The number of carbonyl (C=O) groups is 3. The number of hydrogen-bond acceptors (Lipinski definition) is 3. The molecule has 2 aromatic rings. The predicted molar refractivity (Wildman–Crippen MR) is 95.3 cm³/mol. The number of amides is 3. The van der Waals surface area contributed by atoms with Crippen LogP contribution < -0.4 is 16.2 Å². The highest BCUT2D eigenvalue weighted by molar-refractivity contribution is 5.97. The Balaban J connectivity index is 1.71. The zero-order valence-corrected chi connectivity index (χ0v) is 13.8. The third-order valence-electron chi connectivity index (χ3n) is 3.28. The number of aryl methyl sites for hydroxylation is 1. The Labute approximate surface area is 145 Å². The van der Waals surface area contributed by atoms with Crippen molar-refractivity contribution in [2.24, 2.45) is 0 Å². The smallest absolute Gasteiger partial charge is 0.269 e. The molecule has 0 saturated carbocycles. The maximum Gasteiger partial charge on any atom is 0.269 e. The molecule has 0 fully saturated rings. The highest BCUT2D eigenvalue weighted by Crippen LogP contribution is 2.02. The topological polar surface area (TPSA) is 87.3 Å². The summed E-state index contributed by atoms with van der Waals surface area (Å²) in [6.07, 6.45) is 2.99. The van der Waals surface area contributed by atoms with E-state index in [1.54, 1.807) is 30.3 Å². The van der Waals surface area contributed by atoms with Gasteiger partial charge in [0.1, 0.15) is 0 Å². The molecule has 0 unspecified atom stereocenters. The molecule has 6 heteroatoms. The summed E-state index contributed by atoms with van der Waals surface area (Å²) in [7, 11) is 0. The highest BCUT2D eigenvalue weighted by Gasteiger charge is 2.07. The van der Waals surface area contributed by atoms with E-state index < -0.39 is 17.7 Å².